The Morgan fingerprint density at radius 3 is 2.87 bits per heavy atom. The van der Waals surface area contributed by atoms with E-state index in [2.05, 4.69) is 20.5 Å². The number of hydrogen-bond donors (Lipinski definition) is 1. The summed E-state index contributed by atoms with van der Waals surface area (Å²) in [5.74, 6) is 0.825. The van der Waals surface area contributed by atoms with Crippen LogP contribution < -0.4 is 5.32 Å². The third-order valence-electron chi connectivity index (χ3n) is 3.80. The van der Waals surface area contributed by atoms with E-state index in [1.807, 2.05) is 25.1 Å². The summed E-state index contributed by atoms with van der Waals surface area (Å²) in [4.78, 5) is 4.62. The van der Waals surface area contributed by atoms with Gasteiger partial charge in [0.1, 0.15) is 10.8 Å². The van der Waals surface area contributed by atoms with Crippen molar-refractivity contribution in [3.05, 3.63) is 28.9 Å². The molecule has 2 aromatic heterocycles. The average molecular weight is 353 g/mol. The third kappa shape index (κ3) is 4.04. The van der Waals surface area contributed by atoms with E-state index in [9.17, 15) is 8.42 Å². The molecule has 0 bridgehead atoms. The highest BCUT2D eigenvalue weighted by molar-refractivity contribution is 7.88. The van der Waals surface area contributed by atoms with Crippen LogP contribution in [0.25, 0.3) is 0 Å². The van der Waals surface area contributed by atoms with Crippen LogP contribution in [-0.4, -0.2) is 47.2 Å². The lowest BCUT2D eigenvalue weighted by molar-refractivity contribution is 0.314. The molecule has 7 nitrogen and oxygen atoms in total. The van der Waals surface area contributed by atoms with Crippen molar-refractivity contribution in [2.75, 3.05) is 24.7 Å². The summed E-state index contributed by atoms with van der Waals surface area (Å²) in [6.07, 6.45) is 3.06. The fraction of sp³-hybridized carbons (Fsp3) is 0.500. The molecule has 1 atom stereocenters. The fourth-order valence-corrected chi connectivity index (χ4v) is 4.20. The lowest BCUT2D eigenvalue weighted by Gasteiger charge is -2.30. The molecule has 2 aromatic rings. The molecule has 1 aliphatic heterocycles. The predicted molar refractivity (Wildman–Crippen MR) is 90.6 cm³/mol. The van der Waals surface area contributed by atoms with Gasteiger partial charge in [-0.2, -0.15) is 0 Å². The standard InChI is InChI=1S/C14H19N5O2S2/c1-10-17-18-14(22-10)16-13-7-3-6-12(15-13)11-5-4-8-19(9-11)23(2,20)21/h3,6-7,11H,4-5,8-9H2,1-2H3,(H,15,16,18)/t11-/m0/s1. The zero-order valence-corrected chi connectivity index (χ0v) is 14.7. The maximum atomic E-state index is 11.8. The van der Waals surface area contributed by atoms with Crippen LogP contribution in [0.5, 0.6) is 0 Å². The summed E-state index contributed by atoms with van der Waals surface area (Å²) in [5.41, 5.74) is 0.907. The monoisotopic (exact) mass is 353 g/mol. The zero-order valence-electron chi connectivity index (χ0n) is 13.1. The highest BCUT2D eigenvalue weighted by Gasteiger charge is 2.27. The topological polar surface area (TPSA) is 88.1 Å². The van der Waals surface area contributed by atoms with Crippen molar-refractivity contribution in [1.82, 2.24) is 19.5 Å². The van der Waals surface area contributed by atoms with Crippen LogP contribution >= 0.6 is 11.3 Å². The van der Waals surface area contributed by atoms with Crippen molar-refractivity contribution in [1.29, 1.82) is 0 Å². The van der Waals surface area contributed by atoms with Crippen LogP contribution in [0.2, 0.25) is 0 Å². The van der Waals surface area contributed by atoms with Crippen LogP contribution in [0.4, 0.5) is 10.9 Å². The van der Waals surface area contributed by atoms with E-state index in [0.717, 1.165) is 23.5 Å². The Bertz CT molecular complexity index is 790. The number of hydrogen-bond acceptors (Lipinski definition) is 7. The molecule has 3 rings (SSSR count). The molecule has 3 heterocycles. The summed E-state index contributed by atoms with van der Waals surface area (Å²) in [6.45, 7) is 2.99. The van der Waals surface area contributed by atoms with E-state index < -0.39 is 10.0 Å². The normalized spacial score (nSPS) is 19.7. The Kier molecular flexibility index (Phi) is 4.60. The van der Waals surface area contributed by atoms with E-state index in [1.165, 1.54) is 21.9 Å². The van der Waals surface area contributed by atoms with Gasteiger partial charge in [-0.05, 0) is 31.9 Å². The average Bonchev–Trinajstić information content (AvgIpc) is 2.92. The van der Waals surface area contributed by atoms with Crippen LogP contribution in [0, 0.1) is 6.92 Å². The lowest BCUT2D eigenvalue weighted by Crippen LogP contribution is -2.38. The number of aryl methyl sites for hydroxylation is 1. The molecule has 1 fully saturated rings. The van der Waals surface area contributed by atoms with Crippen molar-refractivity contribution in [2.45, 2.75) is 25.7 Å². The molecule has 1 saturated heterocycles. The van der Waals surface area contributed by atoms with Gasteiger partial charge in [-0.3, -0.25) is 0 Å². The number of nitrogens with one attached hydrogen (secondary N) is 1. The first-order valence-corrected chi connectivity index (χ1v) is 10.1. The Morgan fingerprint density at radius 2 is 2.17 bits per heavy atom. The van der Waals surface area contributed by atoms with Gasteiger partial charge in [0.15, 0.2) is 0 Å². The first-order chi connectivity index (χ1) is 10.9. The van der Waals surface area contributed by atoms with E-state index in [-0.39, 0.29) is 5.92 Å². The molecule has 0 aliphatic carbocycles. The van der Waals surface area contributed by atoms with Crippen molar-refractivity contribution < 1.29 is 8.42 Å². The molecular weight excluding hydrogens is 334 g/mol. The third-order valence-corrected chi connectivity index (χ3v) is 5.83. The molecule has 0 radical (unpaired) electrons. The molecule has 1 aliphatic rings. The van der Waals surface area contributed by atoms with E-state index in [4.69, 9.17) is 0 Å². The summed E-state index contributed by atoms with van der Waals surface area (Å²) in [6, 6.07) is 5.75. The molecule has 23 heavy (non-hydrogen) atoms. The smallest absolute Gasteiger partial charge is 0.211 e. The van der Waals surface area contributed by atoms with Gasteiger partial charge in [0.05, 0.1) is 6.26 Å². The Balaban J connectivity index is 1.76. The van der Waals surface area contributed by atoms with Gasteiger partial charge in [-0.15, -0.1) is 10.2 Å². The van der Waals surface area contributed by atoms with Gasteiger partial charge in [0.2, 0.25) is 15.2 Å². The Labute approximate surface area is 139 Å². The molecule has 0 aromatic carbocycles. The van der Waals surface area contributed by atoms with Gasteiger partial charge in [0, 0.05) is 24.7 Å². The molecule has 0 amide bonds. The van der Waals surface area contributed by atoms with E-state index in [0.29, 0.717) is 24.0 Å². The predicted octanol–water partition coefficient (Wildman–Crippen LogP) is 2.12. The second kappa shape index (κ2) is 6.50. The second-order valence-electron chi connectivity index (χ2n) is 5.66. The zero-order chi connectivity index (χ0) is 16.4. The van der Waals surface area contributed by atoms with Gasteiger partial charge in [0.25, 0.3) is 0 Å². The van der Waals surface area contributed by atoms with Crippen LogP contribution in [0.15, 0.2) is 18.2 Å². The molecule has 0 saturated carbocycles. The van der Waals surface area contributed by atoms with Crippen LogP contribution in [-0.2, 0) is 10.0 Å². The minimum absolute atomic E-state index is 0.122. The summed E-state index contributed by atoms with van der Waals surface area (Å²) in [7, 11) is -3.15. The second-order valence-corrected chi connectivity index (χ2v) is 8.82. The molecule has 1 N–H and O–H groups in total. The van der Waals surface area contributed by atoms with Gasteiger partial charge < -0.3 is 5.32 Å². The summed E-state index contributed by atoms with van der Waals surface area (Å²) < 4.78 is 25.0. The highest BCUT2D eigenvalue weighted by Crippen LogP contribution is 2.28. The number of anilines is 2. The van der Waals surface area contributed by atoms with Crippen molar-refractivity contribution in [2.24, 2.45) is 0 Å². The van der Waals surface area contributed by atoms with Crippen LogP contribution in [0.3, 0.4) is 0 Å². The van der Waals surface area contributed by atoms with Gasteiger partial charge in [-0.25, -0.2) is 17.7 Å². The SMILES string of the molecule is Cc1nnc(Nc2cccc([C@H]3CCCN(S(C)(=O)=O)C3)n2)s1. The molecule has 9 heteroatoms. The van der Waals surface area contributed by atoms with Crippen LogP contribution in [0.1, 0.15) is 29.5 Å². The lowest BCUT2D eigenvalue weighted by atomic mass is 9.96. The molecule has 0 unspecified atom stereocenters. The van der Waals surface area contributed by atoms with Crippen molar-refractivity contribution >= 4 is 32.3 Å². The molecule has 124 valence electrons. The summed E-state index contributed by atoms with van der Waals surface area (Å²) in [5, 5.41) is 12.7. The minimum atomic E-state index is -3.15. The number of rotatable bonds is 4. The minimum Gasteiger partial charge on any atom is -0.315 e. The first kappa shape index (κ1) is 16.3. The number of sulfonamides is 1. The maximum absolute atomic E-state index is 11.8. The number of aromatic nitrogens is 3. The van der Waals surface area contributed by atoms with Gasteiger partial charge in [-0.1, -0.05) is 17.4 Å². The van der Waals surface area contributed by atoms with Crippen molar-refractivity contribution in [3.8, 4) is 0 Å². The quantitative estimate of drug-likeness (QED) is 0.906. The fourth-order valence-electron chi connectivity index (χ4n) is 2.69. The highest BCUT2D eigenvalue weighted by atomic mass is 32.2. The summed E-state index contributed by atoms with van der Waals surface area (Å²) >= 11 is 1.47. The maximum Gasteiger partial charge on any atom is 0.211 e. The number of piperidine rings is 1. The first-order valence-electron chi connectivity index (χ1n) is 7.41. The Morgan fingerprint density at radius 1 is 1.35 bits per heavy atom. The largest absolute Gasteiger partial charge is 0.315 e. The number of nitrogens with zero attached hydrogens (tertiary/aromatic N) is 4. The van der Waals surface area contributed by atoms with E-state index >= 15 is 0 Å². The van der Waals surface area contributed by atoms with Gasteiger partial charge >= 0.3 is 0 Å². The number of pyridine rings is 1. The molecular formula is C14H19N5O2S2. The molecule has 0 spiro atoms. The Hall–Kier alpha value is -1.58. The van der Waals surface area contributed by atoms with Crippen molar-refractivity contribution in [3.63, 3.8) is 0 Å². The van der Waals surface area contributed by atoms with E-state index in [1.54, 1.807) is 0 Å².